The van der Waals surface area contributed by atoms with Gasteiger partial charge in [0.05, 0.1) is 25.4 Å². The number of nitriles is 2. The minimum atomic E-state index is -1.32. The van der Waals surface area contributed by atoms with Crippen molar-refractivity contribution in [2.45, 2.75) is 18.8 Å². The predicted octanol–water partition coefficient (Wildman–Crippen LogP) is -0.736. The van der Waals surface area contributed by atoms with Gasteiger partial charge in [0, 0.05) is 5.92 Å². The van der Waals surface area contributed by atoms with Crippen molar-refractivity contribution < 1.29 is 14.5 Å². The molecule has 1 aromatic carbocycles. The van der Waals surface area contributed by atoms with Crippen LogP contribution in [0.15, 0.2) is 24.3 Å². The topological polar surface area (TPSA) is 106 Å². The van der Waals surface area contributed by atoms with Crippen LogP contribution >= 0.6 is 0 Å². The minimum absolute atomic E-state index is 0.256. The summed E-state index contributed by atoms with van der Waals surface area (Å²) in [6, 6.07) is 12.3. The van der Waals surface area contributed by atoms with E-state index >= 15 is 0 Å². The highest BCUT2D eigenvalue weighted by atomic mass is 16.8. The Morgan fingerprint density at radius 3 is 2.50 bits per heavy atom. The van der Waals surface area contributed by atoms with Crippen LogP contribution in [0.25, 0.3) is 0 Å². The average Bonchev–Trinajstić information content (AvgIpc) is 2.76. The Kier molecular flexibility index (Phi) is 2.33. The van der Waals surface area contributed by atoms with E-state index < -0.39 is 16.7 Å². The lowest BCUT2D eigenvalue weighted by atomic mass is 9.93. The summed E-state index contributed by atoms with van der Waals surface area (Å²) >= 11 is 0. The molecule has 2 heterocycles. The Morgan fingerprint density at radius 1 is 1.23 bits per heavy atom. The number of rotatable bonds is 1. The number of ether oxygens (including phenoxy) is 2. The molecule has 4 rings (SSSR count). The van der Waals surface area contributed by atoms with Gasteiger partial charge >= 0.3 is 5.91 Å². The molecular weight excluding hydrogens is 280 g/mol. The normalized spacial score (nSPS) is 37.2. The van der Waals surface area contributed by atoms with Crippen LogP contribution < -0.4 is 10.7 Å². The van der Waals surface area contributed by atoms with Crippen LogP contribution in [0.4, 0.5) is 0 Å². The second kappa shape index (κ2) is 3.86. The van der Waals surface area contributed by atoms with Crippen molar-refractivity contribution in [3.63, 3.8) is 0 Å². The lowest BCUT2D eigenvalue weighted by molar-refractivity contribution is -0.676. The molecule has 110 valence electrons. The molecule has 0 aromatic heterocycles. The Bertz CT molecular complexity index is 784. The third-order valence-electron chi connectivity index (χ3n) is 5.19. The summed E-state index contributed by atoms with van der Waals surface area (Å²) < 4.78 is 11.5. The first kappa shape index (κ1) is 13.3. The predicted molar refractivity (Wildman–Crippen MR) is 74.8 cm³/mol. The molecule has 6 heteroatoms. The molecule has 0 radical (unpaired) electrons. The van der Waals surface area contributed by atoms with Crippen LogP contribution in [-0.4, -0.2) is 25.0 Å². The summed E-state index contributed by atoms with van der Waals surface area (Å²) in [5.41, 5.74) is 5.80. The first-order chi connectivity index (χ1) is 10.6. The van der Waals surface area contributed by atoms with Gasteiger partial charge in [0.2, 0.25) is 0 Å². The van der Waals surface area contributed by atoms with E-state index in [-0.39, 0.29) is 11.8 Å². The van der Waals surface area contributed by atoms with Gasteiger partial charge in [-0.15, -0.1) is 0 Å². The van der Waals surface area contributed by atoms with Crippen molar-refractivity contribution in [2.24, 2.45) is 16.6 Å². The fourth-order valence-corrected chi connectivity index (χ4v) is 4.20. The quantitative estimate of drug-likeness (QED) is 0.710. The molecule has 1 spiro atoms. The Hall–Kier alpha value is -2.41. The van der Waals surface area contributed by atoms with Crippen molar-refractivity contribution in [3.05, 3.63) is 35.4 Å². The van der Waals surface area contributed by atoms with Crippen LogP contribution in [0.1, 0.15) is 17.0 Å². The third-order valence-corrected chi connectivity index (χ3v) is 5.19. The van der Waals surface area contributed by atoms with Gasteiger partial charge in [0.25, 0.3) is 5.84 Å². The van der Waals surface area contributed by atoms with Crippen LogP contribution in [0, 0.1) is 40.4 Å². The van der Waals surface area contributed by atoms with Crippen molar-refractivity contribution in [2.75, 3.05) is 13.2 Å². The number of benzene rings is 1. The molecule has 22 heavy (non-hydrogen) atoms. The maximum atomic E-state index is 9.96. The van der Waals surface area contributed by atoms with E-state index in [4.69, 9.17) is 15.2 Å². The largest absolute Gasteiger partial charge is 0.343 e. The van der Waals surface area contributed by atoms with E-state index in [2.05, 4.69) is 17.1 Å². The molecule has 1 aromatic rings. The summed E-state index contributed by atoms with van der Waals surface area (Å²) in [7, 11) is 0. The number of amidine groups is 1. The second-order valence-electron chi connectivity index (χ2n) is 5.98. The highest BCUT2D eigenvalue weighted by molar-refractivity contribution is 5.95. The summed E-state index contributed by atoms with van der Waals surface area (Å²) in [6.45, 7) is 2.70. The zero-order valence-electron chi connectivity index (χ0n) is 12.1. The Labute approximate surface area is 127 Å². The van der Waals surface area contributed by atoms with Gasteiger partial charge in [-0.1, -0.05) is 24.3 Å². The standard InChI is InChI=1S/C16H14N4O2/c1-10-4-2-3-5-11(10)12-14(8-17)13(19)20-16(15(12,14)9-18)21-6-7-22-16/h2-5,12H,6-7H2,1H3,(H2,19,20)/p+1/t12-,14+,15+/m0/s1. The fourth-order valence-electron chi connectivity index (χ4n) is 4.20. The molecule has 1 saturated carbocycles. The van der Waals surface area contributed by atoms with E-state index in [1.54, 1.807) is 0 Å². The van der Waals surface area contributed by atoms with Crippen LogP contribution in [0.3, 0.4) is 0 Å². The zero-order valence-corrected chi connectivity index (χ0v) is 12.1. The fraction of sp³-hybridized carbons (Fsp3) is 0.438. The monoisotopic (exact) mass is 295 g/mol. The molecule has 0 amide bonds. The maximum absolute atomic E-state index is 9.96. The Balaban J connectivity index is 1.97. The summed E-state index contributed by atoms with van der Waals surface area (Å²) in [5.74, 6) is -1.43. The summed E-state index contributed by atoms with van der Waals surface area (Å²) in [4.78, 5) is 2.94. The summed E-state index contributed by atoms with van der Waals surface area (Å²) in [5, 5.41) is 19.8. The third kappa shape index (κ3) is 1.09. The number of hydrogen-bond donors (Lipinski definition) is 2. The van der Waals surface area contributed by atoms with E-state index in [1.807, 2.05) is 31.2 Å². The second-order valence-corrected chi connectivity index (χ2v) is 5.98. The van der Waals surface area contributed by atoms with E-state index in [9.17, 15) is 10.5 Å². The minimum Gasteiger partial charge on any atom is -0.311 e. The average molecular weight is 295 g/mol. The number of fused-ring (bicyclic) bond motifs is 2. The van der Waals surface area contributed by atoms with Gasteiger partial charge in [-0.3, -0.25) is 5.73 Å². The van der Waals surface area contributed by atoms with Crippen molar-refractivity contribution in [3.8, 4) is 12.1 Å². The molecule has 2 aliphatic heterocycles. The molecule has 3 N–H and O–H groups in total. The number of nitrogens with zero attached hydrogens (tertiary/aromatic N) is 2. The first-order valence-electron chi connectivity index (χ1n) is 7.16. The lowest BCUT2D eigenvalue weighted by Crippen LogP contribution is -2.89. The number of aryl methyl sites for hydroxylation is 1. The van der Waals surface area contributed by atoms with Crippen LogP contribution in [0.2, 0.25) is 0 Å². The molecule has 1 aliphatic carbocycles. The molecule has 6 nitrogen and oxygen atoms in total. The van der Waals surface area contributed by atoms with Crippen LogP contribution in [-0.2, 0) is 9.47 Å². The van der Waals surface area contributed by atoms with E-state index in [0.29, 0.717) is 13.2 Å². The van der Waals surface area contributed by atoms with E-state index in [1.165, 1.54) is 0 Å². The molecule has 2 fully saturated rings. The van der Waals surface area contributed by atoms with Gasteiger partial charge < -0.3 is 9.47 Å². The SMILES string of the molecule is Cc1ccccc1[C@H]1[C@]2(C#N)C(N)=[NH+]C3(OCCO3)[C@]12C#N. The van der Waals surface area contributed by atoms with Crippen molar-refractivity contribution >= 4 is 5.84 Å². The highest BCUT2D eigenvalue weighted by Crippen LogP contribution is 2.79. The molecule has 0 bridgehead atoms. The number of nitrogens with two attached hydrogens (primary N) is 1. The zero-order chi connectivity index (χ0) is 15.6. The lowest BCUT2D eigenvalue weighted by Gasteiger charge is -2.23. The highest BCUT2D eigenvalue weighted by Gasteiger charge is 2.97. The summed E-state index contributed by atoms with van der Waals surface area (Å²) in [6.07, 6.45) is 0. The first-order valence-corrected chi connectivity index (χ1v) is 7.16. The van der Waals surface area contributed by atoms with Gasteiger partial charge in [0.15, 0.2) is 10.8 Å². The molecular formula is C16H15N4O2+. The number of nitrogens with one attached hydrogen (secondary N) is 1. The van der Waals surface area contributed by atoms with E-state index in [0.717, 1.165) is 11.1 Å². The van der Waals surface area contributed by atoms with Crippen molar-refractivity contribution in [1.29, 1.82) is 10.5 Å². The molecule has 3 atom stereocenters. The van der Waals surface area contributed by atoms with Gasteiger partial charge in [-0.25, -0.2) is 4.99 Å². The van der Waals surface area contributed by atoms with Crippen LogP contribution in [0.5, 0.6) is 0 Å². The maximum Gasteiger partial charge on any atom is 0.343 e. The van der Waals surface area contributed by atoms with Crippen molar-refractivity contribution in [1.82, 2.24) is 0 Å². The molecule has 0 unspecified atom stereocenters. The van der Waals surface area contributed by atoms with Gasteiger partial charge in [0.1, 0.15) is 0 Å². The Morgan fingerprint density at radius 2 is 1.91 bits per heavy atom. The molecule has 1 saturated heterocycles. The van der Waals surface area contributed by atoms with Gasteiger partial charge in [-0.05, 0) is 18.1 Å². The molecule has 3 aliphatic rings. The smallest absolute Gasteiger partial charge is 0.311 e. The number of hydrogen-bond acceptors (Lipinski definition) is 5. The van der Waals surface area contributed by atoms with Gasteiger partial charge in [-0.2, -0.15) is 10.5 Å².